The number of carbonyl (C=O) groups excluding carboxylic acids is 2. The van der Waals surface area contributed by atoms with E-state index in [0.29, 0.717) is 18.8 Å². The molecule has 0 N–H and O–H groups in total. The van der Waals surface area contributed by atoms with Gasteiger partial charge in [-0.2, -0.15) is 0 Å². The fourth-order valence-corrected chi connectivity index (χ4v) is 6.45. The van der Waals surface area contributed by atoms with Crippen LogP contribution in [0.3, 0.4) is 0 Å². The van der Waals surface area contributed by atoms with E-state index in [9.17, 15) is 9.59 Å². The molecule has 4 fully saturated rings. The molecule has 3 saturated carbocycles. The molecule has 4 aliphatic rings. The summed E-state index contributed by atoms with van der Waals surface area (Å²) in [7, 11) is 0. The zero-order valence-electron chi connectivity index (χ0n) is 15.8. The minimum atomic E-state index is -1.10. The highest BCUT2D eigenvalue weighted by atomic mass is 16.6. The fourth-order valence-electron chi connectivity index (χ4n) is 6.45. The fraction of sp³-hybridized carbons (Fsp3) is 0.900. The van der Waals surface area contributed by atoms with E-state index in [4.69, 9.17) is 9.47 Å². The molecular weight excluding hydrogens is 304 g/mol. The lowest BCUT2D eigenvalue weighted by molar-refractivity contribution is -0.197. The molecule has 0 spiro atoms. The van der Waals surface area contributed by atoms with Gasteiger partial charge in [0.1, 0.15) is 6.10 Å². The lowest BCUT2D eigenvalue weighted by Gasteiger charge is -2.44. The van der Waals surface area contributed by atoms with Crippen LogP contribution in [0, 0.1) is 27.6 Å². The summed E-state index contributed by atoms with van der Waals surface area (Å²) in [4.78, 5) is 25.7. The molecule has 5 unspecified atom stereocenters. The van der Waals surface area contributed by atoms with Crippen molar-refractivity contribution < 1.29 is 19.1 Å². The number of carbonyl (C=O) groups is 2. The number of fused-ring (bicyclic) bond motifs is 4. The summed E-state index contributed by atoms with van der Waals surface area (Å²) in [5.74, 6) is 0.0637. The van der Waals surface area contributed by atoms with Crippen LogP contribution in [-0.2, 0) is 19.1 Å². The molecule has 0 aromatic heterocycles. The Morgan fingerprint density at radius 3 is 2.21 bits per heavy atom. The molecule has 0 aromatic carbocycles. The van der Waals surface area contributed by atoms with Crippen molar-refractivity contribution in [2.45, 2.75) is 85.4 Å². The summed E-state index contributed by atoms with van der Waals surface area (Å²) in [6, 6.07) is 0. The van der Waals surface area contributed by atoms with Crippen LogP contribution in [0.25, 0.3) is 0 Å². The van der Waals surface area contributed by atoms with Crippen LogP contribution in [0.5, 0.6) is 0 Å². The first-order valence-corrected chi connectivity index (χ1v) is 9.35. The van der Waals surface area contributed by atoms with Crippen LogP contribution in [0.15, 0.2) is 0 Å². The zero-order valence-corrected chi connectivity index (χ0v) is 15.8. The van der Waals surface area contributed by atoms with Gasteiger partial charge in [-0.05, 0) is 44.9 Å². The standard InChI is InChI=1S/C20H30O4/c1-16(2)12-7-8-18(5,11-12)13(16)23-15(22)20-10-9-19(6,14(21)24-20)17(20,3)4/h12-13H,7-11H2,1-6H3. The smallest absolute Gasteiger partial charge is 0.351 e. The van der Waals surface area contributed by atoms with Crippen LogP contribution in [0.2, 0.25) is 0 Å². The second kappa shape index (κ2) is 4.19. The first-order chi connectivity index (χ1) is 10.9. The monoisotopic (exact) mass is 334 g/mol. The molecule has 24 heavy (non-hydrogen) atoms. The van der Waals surface area contributed by atoms with Crippen LogP contribution >= 0.6 is 0 Å². The van der Waals surface area contributed by atoms with Crippen molar-refractivity contribution in [2.75, 3.05) is 0 Å². The first kappa shape index (κ1) is 16.4. The Balaban J connectivity index is 1.65. The Bertz CT molecular complexity index is 631. The highest BCUT2D eigenvalue weighted by Crippen LogP contribution is 2.67. The third-order valence-electron chi connectivity index (χ3n) is 8.78. The molecule has 3 aliphatic carbocycles. The van der Waals surface area contributed by atoms with Gasteiger partial charge in [0, 0.05) is 16.2 Å². The molecule has 0 aromatic rings. The molecule has 134 valence electrons. The largest absolute Gasteiger partial charge is 0.458 e. The summed E-state index contributed by atoms with van der Waals surface area (Å²) in [6.45, 7) is 12.6. The molecular formula is C20H30O4. The summed E-state index contributed by atoms with van der Waals surface area (Å²) in [5, 5.41) is 0. The normalized spacial score (nSPS) is 50.2. The van der Waals surface area contributed by atoms with Crippen molar-refractivity contribution in [3.8, 4) is 0 Å². The van der Waals surface area contributed by atoms with Crippen LogP contribution in [0.1, 0.15) is 73.6 Å². The molecule has 4 rings (SSSR count). The van der Waals surface area contributed by atoms with Crippen molar-refractivity contribution in [3.05, 3.63) is 0 Å². The van der Waals surface area contributed by atoms with Crippen molar-refractivity contribution in [1.29, 1.82) is 0 Å². The summed E-state index contributed by atoms with van der Waals surface area (Å²) in [5.41, 5.74) is -2.16. The lowest BCUT2D eigenvalue weighted by Crippen LogP contribution is -2.53. The zero-order chi connectivity index (χ0) is 17.8. The molecule has 0 amide bonds. The van der Waals surface area contributed by atoms with E-state index in [0.717, 1.165) is 12.8 Å². The van der Waals surface area contributed by atoms with Crippen LogP contribution in [0.4, 0.5) is 0 Å². The quantitative estimate of drug-likeness (QED) is 0.720. The van der Waals surface area contributed by atoms with E-state index < -0.39 is 16.4 Å². The van der Waals surface area contributed by atoms with E-state index in [1.165, 1.54) is 6.42 Å². The van der Waals surface area contributed by atoms with Gasteiger partial charge in [0.2, 0.25) is 5.60 Å². The van der Waals surface area contributed by atoms with Gasteiger partial charge in [0.25, 0.3) is 0 Å². The Labute approximate surface area is 144 Å². The molecule has 4 bridgehead atoms. The lowest BCUT2D eigenvalue weighted by atomic mass is 9.66. The molecule has 5 atom stereocenters. The van der Waals surface area contributed by atoms with E-state index in [-0.39, 0.29) is 28.9 Å². The van der Waals surface area contributed by atoms with Gasteiger partial charge in [-0.15, -0.1) is 0 Å². The highest BCUT2D eigenvalue weighted by Gasteiger charge is 2.77. The predicted octanol–water partition coefficient (Wildman–Crippen LogP) is 3.87. The van der Waals surface area contributed by atoms with Gasteiger partial charge in [-0.3, -0.25) is 4.79 Å². The van der Waals surface area contributed by atoms with E-state index in [2.05, 4.69) is 20.8 Å². The van der Waals surface area contributed by atoms with Gasteiger partial charge >= 0.3 is 11.9 Å². The number of hydrogen-bond donors (Lipinski definition) is 0. The molecule has 1 aliphatic heterocycles. The maximum atomic E-state index is 13.3. The van der Waals surface area contributed by atoms with Crippen molar-refractivity contribution in [3.63, 3.8) is 0 Å². The molecule has 1 saturated heterocycles. The summed E-state index contributed by atoms with van der Waals surface area (Å²) < 4.78 is 11.9. The van der Waals surface area contributed by atoms with Gasteiger partial charge in [0.15, 0.2) is 0 Å². The van der Waals surface area contributed by atoms with E-state index in [1.807, 2.05) is 20.8 Å². The number of esters is 2. The van der Waals surface area contributed by atoms with Crippen molar-refractivity contribution in [2.24, 2.45) is 27.6 Å². The second-order valence-corrected chi connectivity index (χ2v) is 10.4. The van der Waals surface area contributed by atoms with Crippen molar-refractivity contribution in [1.82, 2.24) is 0 Å². The van der Waals surface area contributed by atoms with Crippen LogP contribution < -0.4 is 0 Å². The molecule has 0 radical (unpaired) electrons. The Morgan fingerprint density at radius 1 is 1.08 bits per heavy atom. The number of ether oxygens (including phenoxy) is 2. The molecule has 4 heteroatoms. The number of rotatable bonds is 2. The number of hydrogen-bond acceptors (Lipinski definition) is 4. The third-order valence-corrected chi connectivity index (χ3v) is 8.78. The van der Waals surface area contributed by atoms with E-state index in [1.54, 1.807) is 0 Å². The van der Waals surface area contributed by atoms with Gasteiger partial charge in [0.05, 0.1) is 5.41 Å². The maximum absolute atomic E-state index is 13.3. The minimum Gasteiger partial charge on any atom is -0.458 e. The Kier molecular flexibility index (Phi) is 2.86. The Morgan fingerprint density at radius 2 is 1.75 bits per heavy atom. The van der Waals surface area contributed by atoms with E-state index >= 15 is 0 Å². The minimum absolute atomic E-state index is 0.00599. The summed E-state index contributed by atoms with van der Waals surface area (Å²) >= 11 is 0. The Hall–Kier alpha value is -1.06. The van der Waals surface area contributed by atoms with Crippen molar-refractivity contribution >= 4 is 11.9 Å². The maximum Gasteiger partial charge on any atom is 0.351 e. The average molecular weight is 334 g/mol. The summed E-state index contributed by atoms with van der Waals surface area (Å²) in [6.07, 6.45) is 4.66. The molecule has 1 heterocycles. The third kappa shape index (κ3) is 1.52. The first-order valence-electron chi connectivity index (χ1n) is 9.35. The average Bonchev–Trinajstić information content (AvgIpc) is 3.07. The van der Waals surface area contributed by atoms with Gasteiger partial charge < -0.3 is 9.47 Å². The topological polar surface area (TPSA) is 52.6 Å². The predicted molar refractivity (Wildman–Crippen MR) is 89.1 cm³/mol. The highest BCUT2D eigenvalue weighted by molar-refractivity contribution is 5.93. The second-order valence-electron chi connectivity index (χ2n) is 10.4. The SMILES string of the molecule is CC12CCC(C1)C(C)(C)C2OC(=O)C12CCC(C)(C(=O)O1)C2(C)C. The molecule has 4 nitrogen and oxygen atoms in total. The van der Waals surface area contributed by atoms with Gasteiger partial charge in [-0.1, -0.05) is 34.6 Å². The van der Waals surface area contributed by atoms with Gasteiger partial charge in [-0.25, -0.2) is 4.79 Å². The van der Waals surface area contributed by atoms with Crippen LogP contribution in [-0.4, -0.2) is 23.6 Å².